The van der Waals surface area contributed by atoms with Crippen molar-refractivity contribution in [3.05, 3.63) is 40.7 Å². The lowest BCUT2D eigenvalue weighted by Crippen LogP contribution is -2.04. The van der Waals surface area contributed by atoms with E-state index in [-0.39, 0.29) is 0 Å². The zero-order valence-corrected chi connectivity index (χ0v) is 11.6. The summed E-state index contributed by atoms with van der Waals surface area (Å²) in [4.78, 5) is 0. The standard InChI is InChI=1S/C15H21N3/c1-10-5-6-13(11(2)9-10)15-12(3)18(4)17-14(15)7-8-16/h5-6,9H,7-8,16H2,1-4H3. The highest BCUT2D eigenvalue weighted by atomic mass is 15.3. The number of benzene rings is 1. The van der Waals surface area contributed by atoms with E-state index in [9.17, 15) is 0 Å². The van der Waals surface area contributed by atoms with Gasteiger partial charge in [-0.3, -0.25) is 4.68 Å². The molecule has 0 saturated carbocycles. The lowest BCUT2D eigenvalue weighted by Gasteiger charge is -2.08. The second kappa shape index (κ2) is 4.94. The maximum atomic E-state index is 5.68. The quantitative estimate of drug-likeness (QED) is 0.900. The second-order valence-corrected chi connectivity index (χ2v) is 4.89. The van der Waals surface area contributed by atoms with Crippen LogP contribution in [-0.4, -0.2) is 16.3 Å². The molecule has 0 aliphatic rings. The lowest BCUT2D eigenvalue weighted by molar-refractivity contribution is 0.718. The van der Waals surface area contributed by atoms with Crippen LogP contribution in [0.4, 0.5) is 0 Å². The molecule has 1 aromatic carbocycles. The van der Waals surface area contributed by atoms with Gasteiger partial charge in [0, 0.05) is 24.7 Å². The molecule has 1 heterocycles. The van der Waals surface area contributed by atoms with Gasteiger partial charge in [-0.15, -0.1) is 0 Å². The lowest BCUT2D eigenvalue weighted by atomic mass is 9.96. The molecule has 0 bridgehead atoms. The smallest absolute Gasteiger partial charge is 0.0718 e. The van der Waals surface area contributed by atoms with E-state index in [1.54, 1.807) is 0 Å². The van der Waals surface area contributed by atoms with Gasteiger partial charge in [0.25, 0.3) is 0 Å². The van der Waals surface area contributed by atoms with Crippen LogP contribution in [0.5, 0.6) is 0 Å². The summed E-state index contributed by atoms with van der Waals surface area (Å²) in [5, 5.41) is 4.58. The van der Waals surface area contributed by atoms with Crippen molar-refractivity contribution in [3.63, 3.8) is 0 Å². The molecule has 3 nitrogen and oxygen atoms in total. The van der Waals surface area contributed by atoms with E-state index in [0.717, 1.165) is 12.1 Å². The number of aryl methyl sites for hydroxylation is 3. The molecule has 0 aliphatic carbocycles. The molecule has 3 heteroatoms. The molecule has 2 aromatic rings. The van der Waals surface area contributed by atoms with E-state index in [4.69, 9.17) is 5.73 Å². The average molecular weight is 243 g/mol. The molecule has 0 radical (unpaired) electrons. The highest BCUT2D eigenvalue weighted by Gasteiger charge is 2.15. The van der Waals surface area contributed by atoms with Crippen molar-refractivity contribution in [3.8, 4) is 11.1 Å². The Hall–Kier alpha value is -1.61. The van der Waals surface area contributed by atoms with E-state index < -0.39 is 0 Å². The Balaban J connectivity index is 2.62. The Morgan fingerprint density at radius 3 is 2.56 bits per heavy atom. The first kappa shape index (κ1) is 12.8. The Morgan fingerprint density at radius 1 is 1.22 bits per heavy atom. The summed E-state index contributed by atoms with van der Waals surface area (Å²) < 4.78 is 1.94. The zero-order chi connectivity index (χ0) is 13.3. The van der Waals surface area contributed by atoms with Crippen molar-refractivity contribution in [2.24, 2.45) is 12.8 Å². The SMILES string of the molecule is Cc1ccc(-c2c(CCN)nn(C)c2C)c(C)c1. The Kier molecular flexibility index (Phi) is 3.53. The maximum absolute atomic E-state index is 5.68. The normalized spacial score (nSPS) is 10.9. The molecule has 0 saturated heterocycles. The molecule has 2 N–H and O–H groups in total. The van der Waals surface area contributed by atoms with Gasteiger partial charge in [-0.25, -0.2) is 0 Å². The molecule has 2 rings (SSSR count). The first-order valence-electron chi connectivity index (χ1n) is 6.34. The van der Waals surface area contributed by atoms with Crippen LogP contribution in [0.1, 0.15) is 22.5 Å². The summed E-state index contributed by atoms with van der Waals surface area (Å²) in [5.41, 5.74) is 13.1. The van der Waals surface area contributed by atoms with Gasteiger partial charge >= 0.3 is 0 Å². The van der Waals surface area contributed by atoms with E-state index in [1.165, 1.54) is 27.9 Å². The third-order valence-corrected chi connectivity index (χ3v) is 3.44. The Morgan fingerprint density at radius 2 is 1.94 bits per heavy atom. The predicted molar refractivity (Wildman–Crippen MR) is 75.6 cm³/mol. The van der Waals surface area contributed by atoms with Crippen molar-refractivity contribution in [2.45, 2.75) is 27.2 Å². The van der Waals surface area contributed by atoms with E-state index in [1.807, 2.05) is 11.7 Å². The minimum atomic E-state index is 0.633. The molecule has 0 fully saturated rings. The summed E-state index contributed by atoms with van der Waals surface area (Å²) in [6, 6.07) is 6.56. The largest absolute Gasteiger partial charge is 0.330 e. The fourth-order valence-electron chi connectivity index (χ4n) is 2.43. The first-order valence-corrected chi connectivity index (χ1v) is 6.34. The number of hydrogen-bond donors (Lipinski definition) is 1. The van der Waals surface area contributed by atoms with E-state index in [0.29, 0.717) is 6.54 Å². The van der Waals surface area contributed by atoms with Crippen LogP contribution in [0, 0.1) is 20.8 Å². The molecule has 0 atom stereocenters. The van der Waals surface area contributed by atoms with Crippen molar-refractivity contribution in [1.82, 2.24) is 9.78 Å². The van der Waals surface area contributed by atoms with Crippen LogP contribution in [-0.2, 0) is 13.5 Å². The maximum Gasteiger partial charge on any atom is 0.0718 e. The highest BCUT2D eigenvalue weighted by Crippen LogP contribution is 2.30. The van der Waals surface area contributed by atoms with Crippen LogP contribution in [0.2, 0.25) is 0 Å². The number of nitrogens with zero attached hydrogens (tertiary/aromatic N) is 2. The van der Waals surface area contributed by atoms with E-state index >= 15 is 0 Å². The van der Waals surface area contributed by atoms with Gasteiger partial charge in [0.1, 0.15) is 0 Å². The summed E-state index contributed by atoms with van der Waals surface area (Å²) in [7, 11) is 1.99. The molecule has 1 aromatic heterocycles. The van der Waals surface area contributed by atoms with Crippen LogP contribution < -0.4 is 5.73 Å². The minimum absolute atomic E-state index is 0.633. The fraction of sp³-hybridized carbons (Fsp3) is 0.400. The van der Waals surface area contributed by atoms with Crippen molar-refractivity contribution >= 4 is 0 Å². The van der Waals surface area contributed by atoms with Gasteiger partial charge in [0.05, 0.1) is 5.69 Å². The Bertz CT molecular complexity index is 567. The summed E-state index contributed by atoms with van der Waals surface area (Å²) >= 11 is 0. The molecule has 18 heavy (non-hydrogen) atoms. The number of hydrogen-bond acceptors (Lipinski definition) is 2. The van der Waals surface area contributed by atoms with Crippen molar-refractivity contribution < 1.29 is 0 Å². The highest BCUT2D eigenvalue weighted by molar-refractivity contribution is 5.72. The van der Waals surface area contributed by atoms with Crippen LogP contribution in [0.3, 0.4) is 0 Å². The second-order valence-electron chi connectivity index (χ2n) is 4.89. The van der Waals surface area contributed by atoms with E-state index in [2.05, 4.69) is 44.1 Å². The summed E-state index contributed by atoms with van der Waals surface area (Å²) in [5.74, 6) is 0. The van der Waals surface area contributed by atoms with Crippen LogP contribution in [0.15, 0.2) is 18.2 Å². The Labute approximate surface area is 109 Å². The molecule has 0 aliphatic heterocycles. The molecular formula is C15H21N3. The predicted octanol–water partition coefficient (Wildman–Crippen LogP) is 2.51. The van der Waals surface area contributed by atoms with Crippen LogP contribution >= 0.6 is 0 Å². The topological polar surface area (TPSA) is 43.8 Å². The fourth-order valence-corrected chi connectivity index (χ4v) is 2.43. The number of nitrogens with two attached hydrogens (primary N) is 1. The monoisotopic (exact) mass is 243 g/mol. The van der Waals surface area contributed by atoms with Gasteiger partial charge in [0.2, 0.25) is 0 Å². The molecule has 0 amide bonds. The third-order valence-electron chi connectivity index (χ3n) is 3.44. The van der Waals surface area contributed by atoms with Gasteiger partial charge in [0.15, 0.2) is 0 Å². The average Bonchev–Trinajstić information content (AvgIpc) is 2.57. The molecule has 0 spiro atoms. The summed E-state index contributed by atoms with van der Waals surface area (Å²) in [6.07, 6.45) is 0.824. The molecule has 0 unspecified atom stereocenters. The third kappa shape index (κ3) is 2.18. The first-order chi connectivity index (χ1) is 8.54. The minimum Gasteiger partial charge on any atom is -0.330 e. The van der Waals surface area contributed by atoms with Gasteiger partial charge in [-0.05, 0) is 38.4 Å². The van der Waals surface area contributed by atoms with Gasteiger partial charge in [-0.1, -0.05) is 23.8 Å². The zero-order valence-electron chi connectivity index (χ0n) is 11.6. The molecule has 96 valence electrons. The van der Waals surface area contributed by atoms with Gasteiger partial charge in [-0.2, -0.15) is 5.10 Å². The number of rotatable bonds is 3. The van der Waals surface area contributed by atoms with Crippen molar-refractivity contribution in [1.29, 1.82) is 0 Å². The van der Waals surface area contributed by atoms with Crippen LogP contribution in [0.25, 0.3) is 11.1 Å². The summed E-state index contributed by atoms with van der Waals surface area (Å²) in [6.45, 7) is 7.02. The number of aromatic nitrogens is 2. The van der Waals surface area contributed by atoms with Crippen molar-refractivity contribution in [2.75, 3.05) is 6.54 Å². The molecular weight excluding hydrogens is 222 g/mol. The van der Waals surface area contributed by atoms with Gasteiger partial charge < -0.3 is 5.73 Å².